The number of rotatable bonds is 11. The van der Waals surface area contributed by atoms with E-state index in [9.17, 15) is 19.1 Å². The van der Waals surface area contributed by atoms with Crippen molar-refractivity contribution in [1.29, 1.82) is 0 Å². The fraction of sp³-hybridized carbons (Fsp3) is 0.731. The van der Waals surface area contributed by atoms with Crippen molar-refractivity contribution in [1.82, 2.24) is 9.88 Å². The summed E-state index contributed by atoms with van der Waals surface area (Å²) in [6, 6.07) is 2.94. The van der Waals surface area contributed by atoms with Crippen LogP contribution >= 0.6 is 0 Å². The second kappa shape index (κ2) is 13.7. The summed E-state index contributed by atoms with van der Waals surface area (Å²) in [4.78, 5) is 31.4. The Morgan fingerprint density at radius 2 is 1.97 bits per heavy atom. The number of carbonyl (C=O) groups is 2. The van der Waals surface area contributed by atoms with E-state index in [2.05, 4.69) is 4.98 Å². The Morgan fingerprint density at radius 3 is 2.51 bits per heavy atom. The second-order valence-electron chi connectivity index (χ2n) is 10.3. The van der Waals surface area contributed by atoms with E-state index >= 15 is 0 Å². The maximum Gasteiger partial charge on any atom is 0.410 e. The van der Waals surface area contributed by atoms with Crippen molar-refractivity contribution in [2.45, 2.75) is 83.5 Å². The first-order chi connectivity index (χ1) is 16.5. The Morgan fingerprint density at radius 1 is 1.29 bits per heavy atom. The first-order valence-electron chi connectivity index (χ1n) is 12.4. The van der Waals surface area contributed by atoms with Gasteiger partial charge in [0.05, 0.1) is 13.3 Å². The van der Waals surface area contributed by atoms with Gasteiger partial charge in [0, 0.05) is 38.6 Å². The Kier molecular flexibility index (Phi) is 11.4. The van der Waals surface area contributed by atoms with Crippen LogP contribution < -0.4 is 0 Å². The maximum absolute atomic E-state index is 13.1. The van der Waals surface area contributed by atoms with Gasteiger partial charge in [-0.2, -0.15) is 0 Å². The smallest absolute Gasteiger partial charge is 0.410 e. The molecule has 1 aliphatic rings. The van der Waals surface area contributed by atoms with E-state index in [0.717, 1.165) is 31.6 Å². The lowest BCUT2D eigenvalue weighted by Gasteiger charge is -2.31. The van der Waals surface area contributed by atoms with E-state index < -0.39 is 43.1 Å². The van der Waals surface area contributed by atoms with Gasteiger partial charge in [-0.05, 0) is 69.9 Å². The molecule has 1 N–H and O–H groups in total. The molecule has 1 amide bonds. The average molecular weight is 497 g/mol. The first-order valence-corrected chi connectivity index (χ1v) is 12.4. The topological polar surface area (TPSA) is 98.2 Å². The number of halogens is 1. The van der Waals surface area contributed by atoms with Crippen molar-refractivity contribution in [2.75, 3.05) is 33.5 Å². The number of alkyl halides is 1. The van der Waals surface area contributed by atoms with Crippen molar-refractivity contribution in [3.63, 3.8) is 0 Å². The van der Waals surface area contributed by atoms with E-state index in [-0.39, 0.29) is 25.2 Å². The first kappa shape index (κ1) is 29.0. The number of hydrogen-bond donors (Lipinski definition) is 1. The average Bonchev–Trinajstić information content (AvgIpc) is 2.81. The number of esters is 1. The summed E-state index contributed by atoms with van der Waals surface area (Å²) in [6.07, 6.45) is 2.98. The zero-order valence-corrected chi connectivity index (χ0v) is 21.7. The summed E-state index contributed by atoms with van der Waals surface area (Å²) in [7, 11) is 1.46. The number of aliphatic hydroxyl groups is 1. The van der Waals surface area contributed by atoms with Crippen LogP contribution in [0.25, 0.3) is 0 Å². The molecule has 0 spiro atoms. The third-order valence-corrected chi connectivity index (χ3v) is 6.11. The number of pyridine rings is 1. The van der Waals surface area contributed by atoms with Crippen LogP contribution in [0, 0.1) is 5.92 Å². The molecule has 8 nitrogen and oxygen atoms in total. The van der Waals surface area contributed by atoms with Crippen LogP contribution in [0.2, 0.25) is 0 Å². The third-order valence-electron chi connectivity index (χ3n) is 6.11. The predicted octanol–water partition coefficient (Wildman–Crippen LogP) is 4.04. The van der Waals surface area contributed by atoms with Gasteiger partial charge in [0.1, 0.15) is 17.7 Å². The fourth-order valence-corrected chi connectivity index (χ4v) is 4.01. The normalized spacial score (nSPS) is 17.3. The maximum atomic E-state index is 13.1. The molecule has 2 rings (SSSR count). The SMILES string of the molecule is CC(CCF)C[C@@H](C(=O)O[C@@H](CO)Cc1ccc(C2CCOCC2)cn1)N(C)C(=O)OC(C)(C)C. The highest BCUT2D eigenvalue weighted by Gasteiger charge is 2.34. The molecule has 1 unspecified atom stereocenters. The minimum absolute atomic E-state index is 0.158. The number of ether oxygens (including phenoxy) is 3. The molecule has 0 radical (unpaired) electrons. The number of aliphatic hydroxyl groups excluding tert-OH is 1. The van der Waals surface area contributed by atoms with E-state index in [1.807, 2.05) is 25.3 Å². The molecule has 9 heteroatoms. The Bertz CT molecular complexity index is 792. The lowest BCUT2D eigenvalue weighted by atomic mass is 9.93. The molecule has 1 saturated heterocycles. The predicted molar refractivity (Wildman–Crippen MR) is 130 cm³/mol. The van der Waals surface area contributed by atoms with Gasteiger partial charge < -0.3 is 19.3 Å². The molecule has 0 aromatic carbocycles. The van der Waals surface area contributed by atoms with Crippen LogP contribution in [-0.4, -0.2) is 78.3 Å². The minimum atomic E-state index is -0.968. The van der Waals surface area contributed by atoms with Gasteiger partial charge in [0.25, 0.3) is 0 Å². The number of nitrogens with zero attached hydrogens (tertiary/aromatic N) is 2. The van der Waals surface area contributed by atoms with Crippen molar-refractivity contribution < 1.29 is 33.3 Å². The quantitative estimate of drug-likeness (QED) is 0.462. The van der Waals surface area contributed by atoms with Gasteiger partial charge in [-0.1, -0.05) is 13.0 Å². The second-order valence-corrected chi connectivity index (χ2v) is 10.3. The van der Waals surface area contributed by atoms with Gasteiger partial charge in [-0.15, -0.1) is 0 Å². The van der Waals surface area contributed by atoms with Crippen molar-refractivity contribution >= 4 is 12.1 Å². The summed E-state index contributed by atoms with van der Waals surface area (Å²) in [5.74, 6) is -0.399. The standard InChI is InChI=1S/C26H41FN2O6/c1-18(8-11-27)14-23(29(5)25(32)35-26(2,3)4)24(31)34-22(17-30)15-21-7-6-20(16-28-21)19-9-12-33-13-10-19/h6-7,16,18-19,22-23,30H,8-15,17H2,1-5H3/t18?,22-,23+/m1/s1. The lowest BCUT2D eigenvalue weighted by Crippen LogP contribution is -2.47. The van der Waals surface area contributed by atoms with E-state index in [1.165, 1.54) is 11.9 Å². The third kappa shape index (κ3) is 9.72. The van der Waals surface area contributed by atoms with Crippen molar-refractivity contribution in [3.05, 3.63) is 29.6 Å². The molecule has 35 heavy (non-hydrogen) atoms. The van der Waals surface area contributed by atoms with Crippen LogP contribution in [-0.2, 0) is 25.4 Å². The summed E-state index contributed by atoms with van der Waals surface area (Å²) < 4.78 is 29.3. The molecule has 198 valence electrons. The summed E-state index contributed by atoms with van der Waals surface area (Å²) in [5.41, 5.74) is 1.10. The Labute approximate surface area is 208 Å². The highest BCUT2D eigenvalue weighted by Crippen LogP contribution is 2.26. The van der Waals surface area contributed by atoms with Gasteiger partial charge in [0.15, 0.2) is 0 Å². The highest BCUT2D eigenvalue weighted by atomic mass is 19.1. The zero-order valence-electron chi connectivity index (χ0n) is 21.7. The summed E-state index contributed by atoms with van der Waals surface area (Å²) >= 11 is 0. The number of likely N-dealkylation sites (N-methyl/N-ethyl adjacent to an activating group) is 1. The van der Waals surface area contributed by atoms with Crippen LogP contribution in [0.3, 0.4) is 0 Å². The molecule has 1 aromatic rings. The number of aromatic nitrogens is 1. The molecule has 1 aromatic heterocycles. The van der Waals surface area contributed by atoms with Crippen LogP contribution in [0.1, 0.15) is 70.6 Å². The van der Waals surface area contributed by atoms with E-state index in [4.69, 9.17) is 14.2 Å². The Balaban J connectivity index is 2.06. The molecule has 0 saturated carbocycles. The number of hydrogen-bond acceptors (Lipinski definition) is 7. The summed E-state index contributed by atoms with van der Waals surface area (Å²) in [5, 5.41) is 9.87. The molecule has 0 bridgehead atoms. The molecule has 1 aliphatic heterocycles. The lowest BCUT2D eigenvalue weighted by molar-refractivity contribution is -0.157. The van der Waals surface area contributed by atoms with Crippen LogP contribution in [0.15, 0.2) is 18.3 Å². The van der Waals surface area contributed by atoms with E-state index in [1.54, 1.807) is 20.8 Å². The minimum Gasteiger partial charge on any atom is -0.458 e. The van der Waals surface area contributed by atoms with Crippen molar-refractivity contribution in [3.8, 4) is 0 Å². The molecule has 0 aliphatic carbocycles. The molecular weight excluding hydrogens is 455 g/mol. The van der Waals surface area contributed by atoms with Gasteiger partial charge in [-0.3, -0.25) is 14.3 Å². The largest absolute Gasteiger partial charge is 0.458 e. The van der Waals surface area contributed by atoms with Gasteiger partial charge in [-0.25, -0.2) is 9.59 Å². The fourth-order valence-electron chi connectivity index (χ4n) is 4.01. The van der Waals surface area contributed by atoms with Gasteiger partial charge in [0.2, 0.25) is 0 Å². The molecular formula is C26H41FN2O6. The number of amides is 1. The van der Waals surface area contributed by atoms with Crippen LogP contribution in [0.4, 0.5) is 9.18 Å². The van der Waals surface area contributed by atoms with Crippen LogP contribution in [0.5, 0.6) is 0 Å². The summed E-state index contributed by atoms with van der Waals surface area (Å²) in [6.45, 7) is 7.61. The Hall–Kier alpha value is -2.26. The number of carbonyl (C=O) groups excluding carboxylic acids is 2. The van der Waals surface area contributed by atoms with Gasteiger partial charge >= 0.3 is 12.1 Å². The monoisotopic (exact) mass is 496 g/mol. The van der Waals surface area contributed by atoms with E-state index in [0.29, 0.717) is 11.6 Å². The molecule has 2 heterocycles. The molecule has 3 atom stereocenters. The zero-order chi connectivity index (χ0) is 26.0. The highest BCUT2D eigenvalue weighted by molar-refractivity contribution is 5.81. The van der Waals surface area contributed by atoms with Crippen molar-refractivity contribution in [2.24, 2.45) is 5.92 Å². The molecule has 1 fully saturated rings.